The highest BCUT2D eigenvalue weighted by Crippen LogP contribution is 2.21. The second kappa shape index (κ2) is 6.09. The van der Waals surface area contributed by atoms with Crippen molar-refractivity contribution in [3.63, 3.8) is 0 Å². The molecule has 0 fully saturated rings. The molecule has 21 heavy (non-hydrogen) atoms. The summed E-state index contributed by atoms with van der Waals surface area (Å²) in [6.07, 6.45) is 0. The van der Waals surface area contributed by atoms with E-state index in [0.717, 1.165) is 5.56 Å². The van der Waals surface area contributed by atoms with Crippen molar-refractivity contribution in [1.82, 2.24) is 0 Å². The average molecular weight is 313 g/mol. The lowest BCUT2D eigenvalue weighted by molar-refractivity contribution is -0.0498. The van der Waals surface area contributed by atoms with Crippen LogP contribution in [0.5, 0.6) is 5.75 Å². The fraction of sp³-hybridized carbons (Fsp3) is 0.143. The minimum Gasteiger partial charge on any atom is -0.435 e. The molecule has 0 spiro atoms. The zero-order valence-corrected chi connectivity index (χ0v) is 11.9. The van der Waals surface area contributed by atoms with Crippen molar-refractivity contribution in [3.05, 3.63) is 54.1 Å². The number of sulfonamides is 1. The molecule has 0 aliphatic carbocycles. The summed E-state index contributed by atoms with van der Waals surface area (Å²) >= 11 is 0. The Kier molecular flexibility index (Phi) is 4.42. The van der Waals surface area contributed by atoms with Crippen molar-refractivity contribution >= 4 is 15.7 Å². The van der Waals surface area contributed by atoms with Gasteiger partial charge in [0.15, 0.2) is 0 Å². The molecule has 0 radical (unpaired) electrons. The molecule has 2 aromatic rings. The van der Waals surface area contributed by atoms with E-state index in [1.54, 1.807) is 19.1 Å². The molecule has 0 amide bonds. The first-order valence-corrected chi connectivity index (χ1v) is 7.49. The third-order valence-corrected chi connectivity index (χ3v) is 4.01. The van der Waals surface area contributed by atoms with Gasteiger partial charge in [0.05, 0.1) is 4.90 Å². The number of halogens is 2. The van der Waals surface area contributed by atoms with Crippen LogP contribution in [0, 0.1) is 6.92 Å². The SMILES string of the molecule is Cc1cccc(S(=O)(=O)Nc2ccc(OC(F)F)cc2)c1. The molecule has 0 heterocycles. The smallest absolute Gasteiger partial charge is 0.387 e. The molecule has 0 saturated heterocycles. The lowest BCUT2D eigenvalue weighted by Crippen LogP contribution is -2.13. The van der Waals surface area contributed by atoms with E-state index in [4.69, 9.17) is 0 Å². The second-order valence-electron chi connectivity index (χ2n) is 4.32. The third kappa shape index (κ3) is 4.16. The summed E-state index contributed by atoms with van der Waals surface area (Å²) in [4.78, 5) is 0.135. The lowest BCUT2D eigenvalue weighted by atomic mass is 10.2. The van der Waals surface area contributed by atoms with Crippen molar-refractivity contribution in [3.8, 4) is 5.75 Å². The van der Waals surface area contributed by atoms with Crippen molar-refractivity contribution in [2.45, 2.75) is 18.4 Å². The molecule has 0 atom stereocenters. The number of alkyl halides is 2. The molecule has 0 saturated carbocycles. The van der Waals surface area contributed by atoms with Crippen molar-refractivity contribution in [2.75, 3.05) is 4.72 Å². The summed E-state index contributed by atoms with van der Waals surface area (Å²) in [5.74, 6) is -0.0384. The quantitative estimate of drug-likeness (QED) is 0.920. The molecule has 0 aliphatic rings. The monoisotopic (exact) mass is 313 g/mol. The van der Waals surface area contributed by atoms with Crippen LogP contribution in [0.4, 0.5) is 14.5 Å². The molecule has 112 valence electrons. The summed E-state index contributed by atoms with van der Waals surface area (Å²) in [5.41, 5.74) is 1.08. The van der Waals surface area contributed by atoms with Gasteiger partial charge in [-0.1, -0.05) is 12.1 Å². The second-order valence-corrected chi connectivity index (χ2v) is 6.01. The molecule has 0 aliphatic heterocycles. The molecular weight excluding hydrogens is 300 g/mol. The molecule has 0 unspecified atom stereocenters. The number of hydrogen-bond acceptors (Lipinski definition) is 3. The van der Waals surface area contributed by atoms with E-state index in [0.29, 0.717) is 0 Å². The van der Waals surface area contributed by atoms with Crippen LogP contribution < -0.4 is 9.46 Å². The van der Waals surface area contributed by atoms with Crippen molar-refractivity contribution < 1.29 is 21.9 Å². The van der Waals surface area contributed by atoms with Crippen LogP contribution in [0.3, 0.4) is 0 Å². The molecule has 7 heteroatoms. The van der Waals surface area contributed by atoms with Crippen LogP contribution in [0.1, 0.15) is 5.56 Å². The average Bonchev–Trinajstić information content (AvgIpc) is 2.40. The molecule has 0 aromatic heterocycles. The first-order chi connectivity index (χ1) is 9.87. The highest BCUT2D eigenvalue weighted by atomic mass is 32.2. The highest BCUT2D eigenvalue weighted by Gasteiger charge is 2.14. The number of benzene rings is 2. The van der Waals surface area contributed by atoms with E-state index in [1.807, 2.05) is 0 Å². The van der Waals surface area contributed by atoms with Crippen molar-refractivity contribution in [1.29, 1.82) is 0 Å². The Labute approximate surface area is 121 Å². The van der Waals surface area contributed by atoms with Crippen LogP contribution in [-0.2, 0) is 10.0 Å². The van der Waals surface area contributed by atoms with Gasteiger partial charge in [0, 0.05) is 5.69 Å². The van der Waals surface area contributed by atoms with Gasteiger partial charge < -0.3 is 4.74 Å². The topological polar surface area (TPSA) is 55.4 Å². The number of aryl methyl sites for hydroxylation is 1. The fourth-order valence-electron chi connectivity index (χ4n) is 1.70. The Morgan fingerprint density at radius 1 is 1.10 bits per heavy atom. The Bertz CT molecular complexity index is 715. The zero-order chi connectivity index (χ0) is 15.5. The number of rotatable bonds is 5. The van der Waals surface area contributed by atoms with E-state index >= 15 is 0 Å². The number of nitrogens with one attached hydrogen (secondary N) is 1. The Morgan fingerprint density at radius 3 is 2.33 bits per heavy atom. The van der Waals surface area contributed by atoms with Crippen LogP contribution in [0.2, 0.25) is 0 Å². The van der Waals surface area contributed by atoms with Gasteiger partial charge in [-0.3, -0.25) is 4.72 Å². The van der Waals surface area contributed by atoms with Gasteiger partial charge in [0.1, 0.15) is 5.75 Å². The molecule has 0 bridgehead atoms. The molecular formula is C14H13F2NO3S. The Morgan fingerprint density at radius 2 is 1.76 bits per heavy atom. The van der Waals surface area contributed by atoms with E-state index < -0.39 is 16.6 Å². The molecule has 2 rings (SSSR count). The third-order valence-electron chi connectivity index (χ3n) is 2.63. The minimum absolute atomic E-state index is 0.0384. The maximum absolute atomic E-state index is 12.2. The molecule has 1 N–H and O–H groups in total. The highest BCUT2D eigenvalue weighted by molar-refractivity contribution is 7.92. The van der Waals surface area contributed by atoms with Gasteiger partial charge in [-0.25, -0.2) is 8.42 Å². The number of anilines is 1. The van der Waals surface area contributed by atoms with Gasteiger partial charge in [-0.05, 0) is 48.9 Å². The maximum Gasteiger partial charge on any atom is 0.387 e. The van der Waals surface area contributed by atoms with Crippen LogP contribution in [0.25, 0.3) is 0 Å². The summed E-state index contributed by atoms with van der Waals surface area (Å²) in [6.45, 7) is -1.13. The lowest BCUT2D eigenvalue weighted by Gasteiger charge is -2.09. The van der Waals surface area contributed by atoms with Gasteiger partial charge in [0.2, 0.25) is 0 Å². The normalized spacial score (nSPS) is 11.4. The van der Waals surface area contributed by atoms with Gasteiger partial charge in [0.25, 0.3) is 10.0 Å². The summed E-state index contributed by atoms with van der Waals surface area (Å²) < 4.78 is 54.9. The van der Waals surface area contributed by atoms with Gasteiger partial charge >= 0.3 is 6.61 Å². The Hall–Kier alpha value is -2.15. The summed E-state index contributed by atoms with van der Waals surface area (Å²) in [6, 6.07) is 11.7. The minimum atomic E-state index is -3.71. The molecule has 4 nitrogen and oxygen atoms in total. The maximum atomic E-state index is 12.2. The first kappa shape index (κ1) is 15.2. The largest absolute Gasteiger partial charge is 0.435 e. The predicted octanol–water partition coefficient (Wildman–Crippen LogP) is 3.40. The number of ether oxygens (including phenoxy) is 1. The number of hydrogen-bond donors (Lipinski definition) is 1. The standard InChI is InChI=1S/C14H13F2NO3S/c1-10-3-2-4-13(9-10)21(18,19)17-11-5-7-12(8-6-11)20-14(15)16/h2-9,14,17H,1H3. The van der Waals surface area contributed by atoms with Crippen LogP contribution in [-0.4, -0.2) is 15.0 Å². The molecule has 2 aromatic carbocycles. The summed E-state index contributed by atoms with van der Waals surface area (Å²) in [5, 5.41) is 0. The van der Waals surface area contributed by atoms with Gasteiger partial charge in [-0.2, -0.15) is 8.78 Å². The van der Waals surface area contributed by atoms with Gasteiger partial charge in [-0.15, -0.1) is 0 Å². The van der Waals surface area contributed by atoms with E-state index in [2.05, 4.69) is 9.46 Å². The van der Waals surface area contributed by atoms with Crippen molar-refractivity contribution in [2.24, 2.45) is 0 Å². The van der Waals surface area contributed by atoms with E-state index in [-0.39, 0.29) is 16.3 Å². The zero-order valence-electron chi connectivity index (χ0n) is 11.1. The van der Waals surface area contributed by atoms with E-state index in [9.17, 15) is 17.2 Å². The first-order valence-electron chi connectivity index (χ1n) is 6.01. The predicted molar refractivity (Wildman–Crippen MR) is 75.1 cm³/mol. The fourth-order valence-corrected chi connectivity index (χ4v) is 2.86. The van der Waals surface area contributed by atoms with Crippen LogP contribution >= 0.6 is 0 Å². The Balaban J connectivity index is 2.17. The van der Waals surface area contributed by atoms with E-state index in [1.165, 1.54) is 36.4 Å². The summed E-state index contributed by atoms with van der Waals surface area (Å²) in [7, 11) is -3.71. The van der Waals surface area contributed by atoms with Crippen LogP contribution in [0.15, 0.2) is 53.4 Å².